The molecule has 1 aliphatic heterocycles. The van der Waals surface area contributed by atoms with Crippen LogP contribution in [0.4, 0.5) is 0 Å². The lowest BCUT2D eigenvalue weighted by molar-refractivity contribution is -0.153. The van der Waals surface area contributed by atoms with E-state index in [1.807, 2.05) is 25.3 Å². The van der Waals surface area contributed by atoms with E-state index in [4.69, 9.17) is 14.2 Å². The first-order chi connectivity index (χ1) is 20.8. The molecule has 11 heteroatoms. The predicted molar refractivity (Wildman–Crippen MR) is 167 cm³/mol. The average Bonchev–Trinajstić information content (AvgIpc) is 3.48. The van der Waals surface area contributed by atoms with Gasteiger partial charge in [0.2, 0.25) is 16.3 Å². The van der Waals surface area contributed by atoms with E-state index in [1.54, 1.807) is 28.4 Å². The van der Waals surface area contributed by atoms with Gasteiger partial charge in [0, 0.05) is 43.2 Å². The van der Waals surface area contributed by atoms with Crippen molar-refractivity contribution in [3.05, 3.63) is 71.3 Å². The zero-order valence-electron chi connectivity index (χ0n) is 24.7. The van der Waals surface area contributed by atoms with Crippen LogP contribution in [-0.4, -0.2) is 81.4 Å². The van der Waals surface area contributed by atoms with Crippen LogP contribution in [0.15, 0.2) is 70.6 Å². The molecule has 2 aromatic carbocycles. The van der Waals surface area contributed by atoms with Gasteiger partial charge in [0.25, 0.3) is 5.91 Å². The Kier molecular flexibility index (Phi) is 10.4. The number of amides is 1. The van der Waals surface area contributed by atoms with E-state index in [0.29, 0.717) is 12.2 Å². The molecule has 1 N–H and O–H groups in total. The van der Waals surface area contributed by atoms with E-state index < -0.39 is 16.3 Å². The summed E-state index contributed by atoms with van der Waals surface area (Å²) in [5.74, 6) is 0.549. The minimum Gasteiger partial charge on any atom is -0.497 e. The third kappa shape index (κ3) is 7.24. The molecule has 3 aromatic rings. The number of aliphatic hydroxyl groups excluding tert-OH is 1. The molecule has 1 amide bonds. The molecule has 0 bridgehead atoms. The molecule has 0 saturated heterocycles. The maximum Gasteiger partial charge on any atom is 0.288 e. The molecule has 2 aliphatic rings. The lowest BCUT2D eigenvalue weighted by atomic mass is 9.91. The normalized spacial score (nSPS) is 19.7. The number of carbonyl (C=O) groups is 1. The summed E-state index contributed by atoms with van der Waals surface area (Å²) in [6.07, 6.45) is 7.05. The van der Waals surface area contributed by atoms with Crippen LogP contribution < -0.4 is 4.74 Å². The lowest BCUT2D eigenvalue weighted by Crippen LogP contribution is -2.41. The van der Waals surface area contributed by atoms with Crippen molar-refractivity contribution in [3.8, 4) is 5.75 Å². The molecule has 5 rings (SSSR count). The van der Waals surface area contributed by atoms with Crippen molar-refractivity contribution >= 4 is 37.4 Å². The first-order valence-corrected chi connectivity index (χ1v) is 17.1. The van der Waals surface area contributed by atoms with Crippen LogP contribution in [0.3, 0.4) is 0 Å². The smallest absolute Gasteiger partial charge is 0.288 e. The summed E-state index contributed by atoms with van der Waals surface area (Å²) in [7, 11) is -0.524. The topological polar surface area (TPSA) is 106 Å². The van der Waals surface area contributed by atoms with Crippen molar-refractivity contribution in [1.82, 2.24) is 9.21 Å². The molecule has 0 unspecified atom stereocenters. The van der Waals surface area contributed by atoms with Crippen LogP contribution in [0, 0.1) is 0 Å². The standard InChI is InChI=1S/C32H40N2O7S2/c1-33(24-8-4-3-5-9-24)32(36)29-20-23(28-22-42-30-11-7-6-10-27(28)30)21-31(41-29)40-19-17-34(16-18-35)43(37,38)26-14-12-25(39-2)13-15-26/h6-7,10-15,20,22-24,31,35H,3-5,8-9,16-19,21H2,1-2H3/t23-,31+/m0/s1. The molecule has 2 atom stereocenters. The highest BCUT2D eigenvalue weighted by Gasteiger charge is 2.34. The molecule has 0 spiro atoms. The number of carbonyl (C=O) groups excluding carboxylic acids is 1. The van der Waals surface area contributed by atoms with Crippen LogP contribution in [0.2, 0.25) is 0 Å². The van der Waals surface area contributed by atoms with E-state index in [0.717, 1.165) is 36.6 Å². The van der Waals surface area contributed by atoms with Crippen LogP contribution in [-0.2, 0) is 24.3 Å². The number of allylic oxidation sites excluding steroid dienone is 1. The molecule has 2 heterocycles. The number of methoxy groups -OCH3 is 1. The van der Waals surface area contributed by atoms with E-state index in [2.05, 4.69) is 17.5 Å². The van der Waals surface area contributed by atoms with Crippen LogP contribution in [0.1, 0.15) is 50.0 Å². The van der Waals surface area contributed by atoms with Gasteiger partial charge in [-0.25, -0.2) is 8.42 Å². The van der Waals surface area contributed by atoms with Gasteiger partial charge < -0.3 is 24.2 Å². The molecular weight excluding hydrogens is 588 g/mol. The Morgan fingerprint density at radius 1 is 1.07 bits per heavy atom. The van der Waals surface area contributed by atoms with Gasteiger partial charge in [0.05, 0.1) is 25.2 Å². The van der Waals surface area contributed by atoms with Crippen molar-refractivity contribution in [3.63, 3.8) is 0 Å². The molecule has 1 saturated carbocycles. The lowest BCUT2D eigenvalue weighted by Gasteiger charge is -2.35. The number of sulfonamides is 1. The highest BCUT2D eigenvalue weighted by atomic mass is 32.2. The van der Waals surface area contributed by atoms with Gasteiger partial charge in [-0.15, -0.1) is 11.3 Å². The summed E-state index contributed by atoms with van der Waals surface area (Å²) in [6, 6.07) is 14.5. The monoisotopic (exact) mass is 628 g/mol. The summed E-state index contributed by atoms with van der Waals surface area (Å²) in [5.41, 5.74) is 1.12. The largest absolute Gasteiger partial charge is 0.497 e. The number of aliphatic hydroxyl groups is 1. The zero-order chi connectivity index (χ0) is 30.4. The van der Waals surface area contributed by atoms with Crippen molar-refractivity contribution in [2.45, 2.75) is 61.7 Å². The highest BCUT2D eigenvalue weighted by Crippen LogP contribution is 2.39. The van der Waals surface area contributed by atoms with Crippen molar-refractivity contribution in [2.75, 3.05) is 40.5 Å². The predicted octanol–water partition coefficient (Wildman–Crippen LogP) is 5.11. The first-order valence-electron chi connectivity index (χ1n) is 14.8. The van der Waals surface area contributed by atoms with Gasteiger partial charge in [0.1, 0.15) is 5.75 Å². The fourth-order valence-corrected chi connectivity index (χ4v) is 8.31. The van der Waals surface area contributed by atoms with Gasteiger partial charge in [-0.05, 0) is 65.6 Å². The number of fused-ring (bicyclic) bond motifs is 1. The van der Waals surface area contributed by atoms with Crippen molar-refractivity contribution in [1.29, 1.82) is 0 Å². The summed E-state index contributed by atoms with van der Waals surface area (Å²) in [6.45, 7) is -0.382. The summed E-state index contributed by atoms with van der Waals surface area (Å²) in [5, 5.41) is 12.9. The van der Waals surface area contributed by atoms with Crippen LogP contribution in [0.25, 0.3) is 10.1 Å². The fourth-order valence-electron chi connectivity index (χ4n) is 5.87. The minimum absolute atomic E-state index is 0.00972. The van der Waals surface area contributed by atoms with Crippen LogP contribution in [0.5, 0.6) is 5.75 Å². The summed E-state index contributed by atoms with van der Waals surface area (Å²) >= 11 is 1.67. The summed E-state index contributed by atoms with van der Waals surface area (Å²) < 4.78 is 46.5. The number of thiophene rings is 1. The summed E-state index contributed by atoms with van der Waals surface area (Å²) in [4.78, 5) is 15.6. The van der Waals surface area contributed by atoms with Crippen molar-refractivity contribution < 1.29 is 32.5 Å². The van der Waals surface area contributed by atoms with E-state index in [9.17, 15) is 18.3 Å². The SMILES string of the molecule is COc1ccc(S(=O)(=O)N(CCO)CCO[C@H]2C[C@@H](c3csc4ccccc34)C=C(C(=O)N(C)C3CCCCC3)O2)cc1. The Labute approximate surface area is 257 Å². The molecule has 9 nitrogen and oxygen atoms in total. The van der Waals surface area contributed by atoms with Gasteiger partial charge in [-0.2, -0.15) is 4.31 Å². The molecule has 1 aliphatic carbocycles. The Hall–Kier alpha value is -2.96. The van der Waals surface area contributed by atoms with E-state index in [-0.39, 0.29) is 54.8 Å². The maximum absolute atomic E-state index is 13.7. The molecule has 43 heavy (non-hydrogen) atoms. The Balaban J connectivity index is 1.32. The van der Waals surface area contributed by atoms with E-state index >= 15 is 0 Å². The number of nitrogens with zero attached hydrogens (tertiary/aromatic N) is 2. The van der Waals surface area contributed by atoms with Crippen molar-refractivity contribution in [2.24, 2.45) is 0 Å². The fraction of sp³-hybridized carbons (Fsp3) is 0.469. The number of likely N-dealkylation sites (N-methyl/N-ethyl adjacent to an activating group) is 1. The number of hydrogen-bond acceptors (Lipinski definition) is 8. The number of rotatable bonds is 12. The van der Waals surface area contributed by atoms with Gasteiger partial charge in [-0.1, -0.05) is 37.5 Å². The second kappa shape index (κ2) is 14.2. The number of ether oxygens (including phenoxy) is 3. The first kappa shape index (κ1) is 31.5. The second-order valence-electron chi connectivity index (χ2n) is 11.0. The van der Waals surface area contributed by atoms with Gasteiger partial charge in [-0.3, -0.25) is 4.79 Å². The molecule has 1 fully saturated rings. The maximum atomic E-state index is 13.7. The molecule has 0 radical (unpaired) electrons. The van der Waals surface area contributed by atoms with Gasteiger partial charge in [0.15, 0.2) is 5.76 Å². The van der Waals surface area contributed by atoms with Crippen LogP contribution >= 0.6 is 11.3 Å². The number of benzene rings is 2. The van der Waals surface area contributed by atoms with E-state index in [1.165, 1.54) is 34.7 Å². The Morgan fingerprint density at radius 2 is 1.81 bits per heavy atom. The molecule has 232 valence electrons. The molecular formula is C32H40N2O7S2. The average molecular weight is 629 g/mol. The number of hydrogen-bond donors (Lipinski definition) is 1. The minimum atomic E-state index is -3.88. The zero-order valence-corrected chi connectivity index (χ0v) is 26.3. The van der Waals surface area contributed by atoms with Gasteiger partial charge >= 0.3 is 0 Å². The Bertz CT molecular complexity index is 1510. The third-order valence-corrected chi connectivity index (χ3v) is 11.2. The quantitative estimate of drug-likeness (QED) is 0.297. The Morgan fingerprint density at radius 3 is 2.53 bits per heavy atom. The molecule has 1 aromatic heterocycles. The second-order valence-corrected chi connectivity index (χ2v) is 13.8. The highest BCUT2D eigenvalue weighted by molar-refractivity contribution is 7.89. The third-order valence-electron chi connectivity index (χ3n) is 8.31.